The lowest BCUT2D eigenvalue weighted by Crippen LogP contribution is -2.12. The van der Waals surface area contributed by atoms with Crippen molar-refractivity contribution >= 4 is 18.1 Å². The second kappa shape index (κ2) is 6.00. The summed E-state index contributed by atoms with van der Waals surface area (Å²) in [6, 6.07) is 3.96. The van der Waals surface area contributed by atoms with E-state index in [1.54, 1.807) is 6.07 Å². The molecule has 0 fully saturated rings. The topological polar surface area (TPSA) is 93.0 Å². The second-order valence-corrected chi connectivity index (χ2v) is 2.93. The zero-order chi connectivity index (χ0) is 11.4. The Morgan fingerprint density at radius 1 is 1.62 bits per heavy atom. The van der Waals surface area contributed by atoms with Crippen LogP contribution in [0.2, 0.25) is 0 Å². The maximum atomic E-state index is 12.9. The van der Waals surface area contributed by atoms with Gasteiger partial charge in [-0.1, -0.05) is 0 Å². The first-order valence-corrected chi connectivity index (χ1v) is 4.12. The number of rotatable bonds is 3. The molecule has 0 spiro atoms. The molecule has 0 radical (unpaired) electrons. The largest absolute Gasteiger partial charge is 0.323 e. The van der Waals surface area contributed by atoms with Crippen molar-refractivity contribution in [1.82, 2.24) is 0 Å². The molecule has 0 bridgehead atoms. The van der Waals surface area contributed by atoms with Crippen LogP contribution in [0, 0.1) is 27.3 Å². The molecule has 0 saturated heterocycles. The SMILES string of the molecule is Cl.N#CC[C@@H](N)c1cc(F)ccc1[N+](=O)[O-]. The number of nitro groups is 1. The Bertz CT molecular complexity index is 433. The lowest BCUT2D eigenvalue weighted by atomic mass is 10.0. The van der Waals surface area contributed by atoms with Crippen molar-refractivity contribution < 1.29 is 9.31 Å². The number of benzene rings is 1. The zero-order valence-electron chi connectivity index (χ0n) is 8.09. The fourth-order valence-electron chi connectivity index (χ4n) is 1.20. The highest BCUT2D eigenvalue weighted by Gasteiger charge is 2.19. The number of hydrogen-bond acceptors (Lipinski definition) is 4. The molecular formula is C9H9ClFN3O2. The molecular weight excluding hydrogens is 237 g/mol. The molecule has 0 unspecified atom stereocenters. The van der Waals surface area contributed by atoms with E-state index in [0.717, 1.165) is 18.2 Å². The number of nitrogens with zero attached hydrogens (tertiary/aromatic N) is 2. The predicted octanol–water partition coefficient (Wildman–Crippen LogP) is 2.07. The minimum absolute atomic E-state index is 0. The predicted molar refractivity (Wildman–Crippen MR) is 57.5 cm³/mol. The number of nitro benzene ring substituents is 1. The molecule has 0 aliphatic heterocycles. The Balaban J connectivity index is 0.00000225. The zero-order valence-corrected chi connectivity index (χ0v) is 8.91. The minimum atomic E-state index is -0.842. The van der Waals surface area contributed by atoms with Crippen molar-refractivity contribution in [1.29, 1.82) is 5.26 Å². The smallest absolute Gasteiger partial charge is 0.274 e. The van der Waals surface area contributed by atoms with Crippen LogP contribution in [0.3, 0.4) is 0 Å². The summed E-state index contributed by atoms with van der Waals surface area (Å²) in [4.78, 5) is 9.94. The highest BCUT2D eigenvalue weighted by molar-refractivity contribution is 5.85. The highest BCUT2D eigenvalue weighted by Crippen LogP contribution is 2.26. The standard InChI is InChI=1S/C9H8FN3O2.ClH/c10-6-1-2-9(13(14)15)7(5-6)8(12)3-4-11;/h1-2,5,8H,3,12H2;1H/t8-;/m1./s1. The van der Waals surface area contributed by atoms with E-state index in [0.29, 0.717) is 0 Å². The molecule has 1 aromatic rings. The molecule has 0 aliphatic carbocycles. The van der Waals surface area contributed by atoms with Gasteiger partial charge in [-0.2, -0.15) is 5.26 Å². The van der Waals surface area contributed by atoms with Gasteiger partial charge in [-0.3, -0.25) is 10.1 Å². The molecule has 16 heavy (non-hydrogen) atoms. The van der Waals surface area contributed by atoms with Gasteiger partial charge in [-0.05, 0) is 12.1 Å². The monoisotopic (exact) mass is 245 g/mol. The van der Waals surface area contributed by atoms with E-state index in [4.69, 9.17) is 11.0 Å². The van der Waals surface area contributed by atoms with Crippen LogP contribution in [0.1, 0.15) is 18.0 Å². The van der Waals surface area contributed by atoms with Crippen LogP contribution < -0.4 is 5.73 Å². The van der Waals surface area contributed by atoms with Gasteiger partial charge >= 0.3 is 0 Å². The van der Waals surface area contributed by atoms with E-state index in [-0.39, 0.29) is 30.1 Å². The highest BCUT2D eigenvalue weighted by atomic mass is 35.5. The number of halogens is 2. The van der Waals surface area contributed by atoms with Crippen molar-refractivity contribution in [3.05, 3.63) is 39.7 Å². The van der Waals surface area contributed by atoms with Crippen molar-refractivity contribution in [2.75, 3.05) is 0 Å². The summed E-state index contributed by atoms with van der Waals surface area (Å²) in [6.45, 7) is 0. The summed E-state index contributed by atoms with van der Waals surface area (Å²) in [6.07, 6.45) is -0.0930. The molecule has 0 aromatic heterocycles. The van der Waals surface area contributed by atoms with Gasteiger partial charge in [0.1, 0.15) is 5.82 Å². The van der Waals surface area contributed by atoms with Crippen LogP contribution in [-0.2, 0) is 0 Å². The van der Waals surface area contributed by atoms with Gasteiger partial charge < -0.3 is 5.73 Å². The second-order valence-electron chi connectivity index (χ2n) is 2.93. The van der Waals surface area contributed by atoms with Crippen LogP contribution in [0.25, 0.3) is 0 Å². The molecule has 0 heterocycles. The third-order valence-corrected chi connectivity index (χ3v) is 1.90. The van der Waals surface area contributed by atoms with E-state index >= 15 is 0 Å². The normalized spacial score (nSPS) is 11.1. The first-order valence-electron chi connectivity index (χ1n) is 4.12. The summed E-state index contributed by atoms with van der Waals surface area (Å²) in [7, 11) is 0. The molecule has 0 aliphatic rings. The van der Waals surface area contributed by atoms with Crippen LogP contribution in [0.5, 0.6) is 0 Å². The quantitative estimate of drug-likeness (QED) is 0.652. The van der Waals surface area contributed by atoms with E-state index in [1.807, 2.05) is 0 Å². The summed E-state index contributed by atoms with van der Waals surface area (Å²) in [5.74, 6) is -0.607. The van der Waals surface area contributed by atoms with Crippen LogP contribution in [0.4, 0.5) is 10.1 Å². The number of hydrogen-bond donors (Lipinski definition) is 1. The molecule has 86 valence electrons. The Morgan fingerprint density at radius 3 is 2.75 bits per heavy atom. The molecule has 0 amide bonds. The number of nitriles is 1. The fourth-order valence-corrected chi connectivity index (χ4v) is 1.20. The van der Waals surface area contributed by atoms with Crippen molar-refractivity contribution in [3.63, 3.8) is 0 Å². The Kier molecular flexibility index (Phi) is 5.36. The minimum Gasteiger partial charge on any atom is -0.323 e. The number of nitrogens with two attached hydrogens (primary N) is 1. The maximum absolute atomic E-state index is 12.9. The van der Waals surface area contributed by atoms with E-state index < -0.39 is 16.8 Å². The van der Waals surface area contributed by atoms with Gasteiger partial charge in [0.15, 0.2) is 0 Å². The van der Waals surface area contributed by atoms with Gasteiger partial charge in [0, 0.05) is 12.1 Å². The first kappa shape index (κ1) is 14.3. The summed E-state index contributed by atoms with van der Waals surface area (Å²) in [5.41, 5.74) is 5.30. The summed E-state index contributed by atoms with van der Waals surface area (Å²) >= 11 is 0. The fraction of sp³-hybridized carbons (Fsp3) is 0.222. The van der Waals surface area contributed by atoms with Gasteiger partial charge in [0.05, 0.1) is 23.0 Å². The maximum Gasteiger partial charge on any atom is 0.274 e. The molecule has 1 rings (SSSR count). The Labute approximate surface area is 97.2 Å². The molecule has 5 nitrogen and oxygen atoms in total. The van der Waals surface area contributed by atoms with Crippen molar-refractivity contribution in [3.8, 4) is 6.07 Å². The van der Waals surface area contributed by atoms with Crippen LogP contribution >= 0.6 is 12.4 Å². The van der Waals surface area contributed by atoms with E-state index in [1.165, 1.54) is 0 Å². The third-order valence-electron chi connectivity index (χ3n) is 1.90. The average molecular weight is 246 g/mol. The first-order chi connectivity index (χ1) is 7.06. The van der Waals surface area contributed by atoms with Crippen LogP contribution in [0.15, 0.2) is 18.2 Å². The lowest BCUT2D eigenvalue weighted by molar-refractivity contribution is -0.385. The Hall–Kier alpha value is -1.71. The molecule has 2 N–H and O–H groups in total. The van der Waals surface area contributed by atoms with Crippen LogP contribution in [-0.4, -0.2) is 4.92 Å². The van der Waals surface area contributed by atoms with Crippen molar-refractivity contribution in [2.24, 2.45) is 5.73 Å². The third kappa shape index (κ3) is 3.15. The van der Waals surface area contributed by atoms with Gasteiger partial charge in [-0.15, -0.1) is 12.4 Å². The Morgan fingerprint density at radius 2 is 2.25 bits per heavy atom. The van der Waals surface area contributed by atoms with Gasteiger partial charge in [0.25, 0.3) is 5.69 Å². The average Bonchev–Trinajstić information content (AvgIpc) is 2.17. The molecule has 7 heteroatoms. The van der Waals surface area contributed by atoms with E-state index in [2.05, 4.69) is 0 Å². The molecule has 0 saturated carbocycles. The van der Waals surface area contributed by atoms with Crippen molar-refractivity contribution in [2.45, 2.75) is 12.5 Å². The molecule has 1 atom stereocenters. The lowest BCUT2D eigenvalue weighted by Gasteiger charge is -2.08. The summed E-state index contributed by atoms with van der Waals surface area (Å²) < 4.78 is 12.9. The summed E-state index contributed by atoms with van der Waals surface area (Å²) in [5, 5.41) is 19.0. The molecule has 1 aromatic carbocycles. The van der Waals surface area contributed by atoms with Gasteiger partial charge in [-0.25, -0.2) is 4.39 Å². The van der Waals surface area contributed by atoms with E-state index in [9.17, 15) is 14.5 Å². The van der Waals surface area contributed by atoms with Gasteiger partial charge in [0.2, 0.25) is 0 Å².